The molecule has 1 amide bonds. The van der Waals surface area contributed by atoms with Crippen LogP contribution in [0.25, 0.3) is 10.6 Å². The Balaban J connectivity index is 0.00000157. The lowest BCUT2D eigenvalue weighted by atomic mass is 10.0. The van der Waals surface area contributed by atoms with Crippen molar-refractivity contribution < 1.29 is 14.3 Å². The van der Waals surface area contributed by atoms with E-state index in [4.69, 9.17) is 9.47 Å². The number of carbonyl (C=O) groups is 1. The van der Waals surface area contributed by atoms with Gasteiger partial charge in [0.05, 0.1) is 6.20 Å². The maximum atomic E-state index is 12.7. The molecule has 25 heavy (non-hydrogen) atoms. The molecule has 132 valence electrons. The summed E-state index contributed by atoms with van der Waals surface area (Å²) in [6.45, 7) is 4.02. The lowest BCUT2D eigenvalue weighted by Gasteiger charge is -2.15. The summed E-state index contributed by atoms with van der Waals surface area (Å²) in [6.07, 6.45) is 1.69. The van der Waals surface area contributed by atoms with Crippen LogP contribution in [0.4, 0.5) is 0 Å². The average Bonchev–Trinajstić information content (AvgIpc) is 3.35. The molecular formula is C17H18ClN3O3S. The first-order chi connectivity index (χ1) is 11.8. The van der Waals surface area contributed by atoms with E-state index in [1.165, 1.54) is 11.3 Å². The second-order valence-electron chi connectivity index (χ2n) is 6.49. The molecule has 0 radical (unpaired) electrons. The Kier molecular flexibility index (Phi) is 4.31. The van der Waals surface area contributed by atoms with Gasteiger partial charge in [0.15, 0.2) is 11.5 Å². The normalized spacial score (nSPS) is 23.4. The largest absolute Gasteiger partial charge is 0.454 e. The fourth-order valence-electron chi connectivity index (χ4n) is 3.71. The maximum absolute atomic E-state index is 12.7. The minimum atomic E-state index is 0. The highest BCUT2D eigenvalue weighted by Crippen LogP contribution is 2.37. The monoisotopic (exact) mass is 379 g/mol. The van der Waals surface area contributed by atoms with Crippen LogP contribution < -0.4 is 14.8 Å². The molecule has 2 saturated heterocycles. The highest BCUT2D eigenvalue weighted by atomic mass is 35.5. The summed E-state index contributed by atoms with van der Waals surface area (Å²) in [5, 5.41) is 4.23. The molecule has 1 N–H and O–H groups in total. The van der Waals surface area contributed by atoms with Crippen LogP contribution in [0.1, 0.15) is 9.67 Å². The number of amides is 1. The van der Waals surface area contributed by atoms with Gasteiger partial charge in [0.25, 0.3) is 5.91 Å². The lowest BCUT2D eigenvalue weighted by Crippen LogP contribution is -2.31. The number of benzene rings is 1. The van der Waals surface area contributed by atoms with Crippen LogP contribution >= 0.6 is 23.7 Å². The summed E-state index contributed by atoms with van der Waals surface area (Å²) in [5.74, 6) is 2.80. The number of nitrogens with one attached hydrogen (secondary N) is 1. The number of aromatic nitrogens is 1. The van der Waals surface area contributed by atoms with Gasteiger partial charge >= 0.3 is 0 Å². The van der Waals surface area contributed by atoms with Gasteiger partial charge in [-0.3, -0.25) is 4.79 Å². The SMILES string of the molecule is Cl.O=C(c1cnc(-c2ccc3c(c2)OCO3)s1)N1C[C@H]2CNC[C@H]2C1. The van der Waals surface area contributed by atoms with E-state index in [-0.39, 0.29) is 25.1 Å². The molecule has 1 aromatic heterocycles. The zero-order chi connectivity index (χ0) is 16.1. The molecule has 3 aliphatic heterocycles. The maximum Gasteiger partial charge on any atom is 0.265 e. The molecule has 3 aliphatic rings. The van der Waals surface area contributed by atoms with Gasteiger partial charge in [-0.05, 0) is 30.0 Å². The number of nitrogens with zero attached hydrogens (tertiary/aromatic N) is 2. The van der Waals surface area contributed by atoms with E-state index in [0.29, 0.717) is 16.7 Å². The number of rotatable bonds is 2. The number of likely N-dealkylation sites (tertiary alicyclic amines) is 1. The predicted octanol–water partition coefficient (Wildman–Crippen LogP) is 2.25. The first-order valence-corrected chi connectivity index (χ1v) is 8.95. The minimum Gasteiger partial charge on any atom is -0.454 e. The van der Waals surface area contributed by atoms with Gasteiger partial charge < -0.3 is 19.7 Å². The number of thiazole rings is 1. The van der Waals surface area contributed by atoms with Gasteiger partial charge in [-0.15, -0.1) is 23.7 Å². The number of hydrogen-bond acceptors (Lipinski definition) is 6. The highest BCUT2D eigenvalue weighted by molar-refractivity contribution is 7.16. The molecule has 0 aliphatic carbocycles. The smallest absolute Gasteiger partial charge is 0.265 e. The highest BCUT2D eigenvalue weighted by Gasteiger charge is 2.38. The molecule has 2 atom stereocenters. The van der Waals surface area contributed by atoms with E-state index in [1.54, 1.807) is 6.20 Å². The summed E-state index contributed by atoms with van der Waals surface area (Å²) in [5.41, 5.74) is 0.950. The Morgan fingerprint density at radius 1 is 1.20 bits per heavy atom. The second kappa shape index (κ2) is 6.48. The summed E-state index contributed by atoms with van der Waals surface area (Å²) in [6, 6.07) is 5.75. The first-order valence-electron chi connectivity index (χ1n) is 8.14. The third-order valence-electron chi connectivity index (χ3n) is 5.01. The zero-order valence-electron chi connectivity index (χ0n) is 13.4. The van der Waals surface area contributed by atoms with Crippen molar-refractivity contribution in [1.82, 2.24) is 15.2 Å². The van der Waals surface area contributed by atoms with Crippen molar-refractivity contribution in [2.45, 2.75) is 0 Å². The predicted molar refractivity (Wildman–Crippen MR) is 96.7 cm³/mol. The molecule has 4 heterocycles. The lowest BCUT2D eigenvalue weighted by molar-refractivity contribution is 0.0786. The zero-order valence-corrected chi connectivity index (χ0v) is 15.1. The van der Waals surface area contributed by atoms with E-state index in [9.17, 15) is 4.79 Å². The van der Waals surface area contributed by atoms with Gasteiger partial charge in [-0.1, -0.05) is 0 Å². The second-order valence-corrected chi connectivity index (χ2v) is 7.52. The summed E-state index contributed by atoms with van der Waals surface area (Å²) < 4.78 is 10.7. The number of carbonyl (C=O) groups excluding carboxylic acids is 1. The third-order valence-corrected chi connectivity index (χ3v) is 6.05. The minimum absolute atomic E-state index is 0. The Morgan fingerprint density at radius 3 is 2.76 bits per heavy atom. The van der Waals surface area contributed by atoms with Crippen LogP contribution in [0.3, 0.4) is 0 Å². The van der Waals surface area contributed by atoms with E-state index in [1.807, 2.05) is 23.1 Å². The Bertz CT molecular complexity index is 800. The summed E-state index contributed by atoms with van der Waals surface area (Å²) in [4.78, 5) is 19.9. The number of fused-ring (bicyclic) bond motifs is 2. The van der Waals surface area contributed by atoms with Crippen LogP contribution in [0.15, 0.2) is 24.4 Å². The quantitative estimate of drug-likeness (QED) is 0.867. The Labute approximate surface area is 155 Å². The molecule has 5 rings (SSSR count). The average molecular weight is 380 g/mol. The van der Waals surface area contributed by atoms with Gasteiger partial charge in [0.2, 0.25) is 6.79 Å². The first kappa shape index (κ1) is 16.6. The summed E-state index contributed by atoms with van der Waals surface area (Å²) in [7, 11) is 0. The molecule has 0 spiro atoms. The van der Waals surface area contributed by atoms with Gasteiger partial charge in [-0.25, -0.2) is 4.98 Å². The Morgan fingerprint density at radius 2 is 1.96 bits per heavy atom. The van der Waals surface area contributed by atoms with Crippen LogP contribution in [0, 0.1) is 11.8 Å². The number of hydrogen-bond donors (Lipinski definition) is 1. The van der Waals surface area contributed by atoms with Crippen molar-refractivity contribution in [2.24, 2.45) is 11.8 Å². The summed E-state index contributed by atoms with van der Waals surface area (Å²) >= 11 is 1.44. The third kappa shape index (κ3) is 2.86. The fourth-order valence-corrected chi connectivity index (χ4v) is 4.59. The van der Waals surface area contributed by atoms with Gasteiger partial charge in [0, 0.05) is 31.7 Å². The van der Waals surface area contributed by atoms with Crippen molar-refractivity contribution in [1.29, 1.82) is 0 Å². The fraction of sp³-hybridized carbons (Fsp3) is 0.412. The molecule has 6 nitrogen and oxygen atoms in total. The van der Waals surface area contributed by atoms with Crippen LogP contribution in [-0.2, 0) is 0 Å². The van der Waals surface area contributed by atoms with E-state index >= 15 is 0 Å². The standard InChI is InChI=1S/C17H17N3O3S.ClH/c21-17(20-7-11-4-18-5-12(11)8-20)15-6-19-16(24-15)10-1-2-13-14(3-10)23-9-22-13;/h1-3,6,11-12,18H,4-5,7-9H2;1H/t11-,12+;. The van der Waals surface area contributed by atoms with Crippen LogP contribution in [0.5, 0.6) is 11.5 Å². The molecule has 2 fully saturated rings. The molecule has 2 aromatic rings. The van der Waals surface area contributed by atoms with Crippen LogP contribution in [-0.4, -0.2) is 48.8 Å². The van der Waals surface area contributed by atoms with E-state index < -0.39 is 0 Å². The van der Waals surface area contributed by atoms with Gasteiger partial charge in [0.1, 0.15) is 9.88 Å². The van der Waals surface area contributed by atoms with Crippen molar-refractivity contribution in [3.05, 3.63) is 29.3 Å². The topological polar surface area (TPSA) is 63.7 Å². The molecule has 8 heteroatoms. The van der Waals surface area contributed by atoms with Gasteiger partial charge in [-0.2, -0.15) is 0 Å². The Hall–Kier alpha value is -1.83. The molecule has 0 unspecified atom stereocenters. The van der Waals surface area contributed by atoms with Crippen molar-refractivity contribution in [3.63, 3.8) is 0 Å². The van der Waals surface area contributed by atoms with Crippen molar-refractivity contribution in [3.8, 4) is 22.1 Å². The molecule has 0 saturated carbocycles. The number of halogens is 1. The van der Waals surface area contributed by atoms with E-state index in [0.717, 1.165) is 48.2 Å². The molecule has 1 aromatic carbocycles. The van der Waals surface area contributed by atoms with Crippen molar-refractivity contribution >= 4 is 29.7 Å². The molecule has 0 bridgehead atoms. The molecular weight excluding hydrogens is 362 g/mol. The van der Waals surface area contributed by atoms with Crippen molar-refractivity contribution in [2.75, 3.05) is 33.0 Å². The number of ether oxygens (including phenoxy) is 2. The van der Waals surface area contributed by atoms with E-state index in [2.05, 4.69) is 10.3 Å². The van der Waals surface area contributed by atoms with Crippen LogP contribution in [0.2, 0.25) is 0 Å².